The van der Waals surface area contributed by atoms with E-state index in [1.54, 1.807) is 24.3 Å². The van der Waals surface area contributed by atoms with Crippen LogP contribution in [0.1, 0.15) is 44.1 Å². The first-order chi connectivity index (χ1) is 12.1. The fourth-order valence-corrected chi connectivity index (χ4v) is 3.83. The molecule has 0 spiro atoms. The number of aromatic hydroxyl groups is 1. The van der Waals surface area contributed by atoms with Gasteiger partial charge in [-0.2, -0.15) is 0 Å². The van der Waals surface area contributed by atoms with Crippen molar-refractivity contribution in [2.24, 2.45) is 5.92 Å². The number of amides is 2. The molecule has 2 aliphatic heterocycles. The van der Waals surface area contributed by atoms with Crippen molar-refractivity contribution < 1.29 is 14.7 Å². The van der Waals surface area contributed by atoms with E-state index in [2.05, 4.69) is 0 Å². The van der Waals surface area contributed by atoms with Crippen LogP contribution in [0.4, 0.5) is 0 Å². The highest BCUT2D eigenvalue weighted by atomic mass is 16.3. The van der Waals surface area contributed by atoms with Crippen molar-refractivity contribution in [2.45, 2.75) is 44.9 Å². The van der Waals surface area contributed by atoms with Gasteiger partial charge in [-0.15, -0.1) is 0 Å². The maximum Gasteiger partial charge on any atom is 0.226 e. The first-order valence-corrected chi connectivity index (χ1v) is 9.48. The Morgan fingerprint density at radius 1 is 0.880 bits per heavy atom. The average molecular weight is 344 g/mol. The second-order valence-corrected chi connectivity index (χ2v) is 7.24. The zero-order valence-corrected chi connectivity index (χ0v) is 14.8. The molecule has 3 rings (SSSR count). The third kappa shape index (κ3) is 4.74. The second-order valence-electron chi connectivity index (χ2n) is 7.24. The lowest BCUT2D eigenvalue weighted by Crippen LogP contribution is -2.45. The van der Waals surface area contributed by atoms with E-state index >= 15 is 0 Å². The summed E-state index contributed by atoms with van der Waals surface area (Å²) in [7, 11) is 0. The van der Waals surface area contributed by atoms with Crippen molar-refractivity contribution in [3.8, 4) is 5.75 Å². The number of hydrogen-bond donors (Lipinski definition) is 1. The smallest absolute Gasteiger partial charge is 0.226 e. The van der Waals surface area contributed by atoms with E-state index in [4.69, 9.17) is 0 Å². The van der Waals surface area contributed by atoms with Crippen molar-refractivity contribution in [3.63, 3.8) is 0 Å². The number of phenols is 1. The first kappa shape index (κ1) is 17.8. The molecule has 5 nitrogen and oxygen atoms in total. The van der Waals surface area contributed by atoms with Crippen molar-refractivity contribution in [1.82, 2.24) is 9.80 Å². The van der Waals surface area contributed by atoms with Gasteiger partial charge in [-0.25, -0.2) is 0 Å². The third-order valence-corrected chi connectivity index (χ3v) is 5.41. The van der Waals surface area contributed by atoms with Crippen LogP contribution in [0.25, 0.3) is 0 Å². The van der Waals surface area contributed by atoms with E-state index in [9.17, 15) is 14.7 Å². The van der Waals surface area contributed by atoms with Crippen LogP contribution in [0, 0.1) is 5.92 Å². The Labute approximate surface area is 149 Å². The summed E-state index contributed by atoms with van der Waals surface area (Å²) in [5.41, 5.74) is 0.908. The Balaban J connectivity index is 1.48. The average Bonchev–Trinajstić information content (AvgIpc) is 2.92. The Bertz CT molecular complexity index is 583. The molecular formula is C20H28N2O3. The molecule has 0 atom stereocenters. The zero-order valence-electron chi connectivity index (χ0n) is 14.8. The predicted octanol–water partition coefficient (Wildman–Crippen LogP) is 2.58. The highest BCUT2D eigenvalue weighted by molar-refractivity contribution is 5.81. The molecule has 0 saturated carbocycles. The summed E-state index contributed by atoms with van der Waals surface area (Å²) in [6.45, 7) is 3.14. The number of rotatable bonds is 3. The number of carbonyl (C=O) groups excluding carboxylic acids is 2. The topological polar surface area (TPSA) is 60.9 Å². The summed E-state index contributed by atoms with van der Waals surface area (Å²) in [4.78, 5) is 29.1. The standard InChI is InChI=1S/C20H28N2O3/c23-18-7-5-16(6-8-18)15-19(24)21-13-9-17(10-14-21)20(25)22-11-3-1-2-4-12-22/h5-8,17,23H,1-4,9-15H2. The summed E-state index contributed by atoms with van der Waals surface area (Å²) in [5, 5.41) is 9.31. The number of hydrogen-bond acceptors (Lipinski definition) is 3. The summed E-state index contributed by atoms with van der Waals surface area (Å²) >= 11 is 0. The van der Waals surface area contributed by atoms with Gasteiger partial charge in [0.15, 0.2) is 0 Å². The van der Waals surface area contributed by atoms with E-state index in [1.807, 2.05) is 9.80 Å². The first-order valence-electron chi connectivity index (χ1n) is 9.48. The molecular weight excluding hydrogens is 316 g/mol. The van der Waals surface area contributed by atoms with Gasteiger partial charge in [0.2, 0.25) is 11.8 Å². The van der Waals surface area contributed by atoms with E-state index in [-0.39, 0.29) is 17.6 Å². The molecule has 0 bridgehead atoms. The van der Waals surface area contributed by atoms with E-state index in [1.165, 1.54) is 12.8 Å². The van der Waals surface area contributed by atoms with Crippen molar-refractivity contribution in [3.05, 3.63) is 29.8 Å². The SMILES string of the molecule is O=C(Cc1ccc(O)cc1)N1CCC(C(=O)N2CCCCCC2)CC1. The molecule has 136 valence electrons. The lowest BCUT2D eigenvalue weighted by molar-refractivity contribution is -0.140. The van der Waals surface area contributed by atoms with E-state index in [0.29, 0.717) is 25.4 Å². The number of carbonyl (C=O) groups is 2. The number of piperidine rings is 1. The lowest BCUT2D eigenvalue weighted by Gasteiger charge is -2.34. The maximum absolute atomic E-state index is 12.7. The van der Waals surface area contributed by atoms with Gasteiger partial charge in [-0.05, 0) is 43.4 Å². The van der Waals surface area contributed by atoms with Crippen molar-refractivity contribution in [2.75, 3.05) is 26.2 Å². The zero-order chi connectivity index (χ0) is 17.6. The minimum absolute atomic E-state index is 0.0795. The highest BCUT2D eigenvalue weighted by Crippen LogP contribution is 2.22. The van der Waals surface area contributed by atoms with E-state index < -0.39 is 0 Å². The van der Waals surface area contributed by atoms with Crippen LogP contribution in [0.15, 0.2) is 24.3 Å². The fourth-order valence-electron chi connectivity index (χ4n) is 3.83. The maximum atomic E-state index is 12.7. The van der Waals surface area contributed by atoms with Crippen molar-refractivity contribution in [1.29, 1.82) is 0 Å². The number of nitrogens with zero attached hydrogens (tertiary/aromatic N) is 2. The molecule has 0 aromatic heterocycles. The second kappa shape index (κ2) is 8.37. The van der Waals surface area contributed by atoms with Gasteiger partial charge >= 0.3 is 0 Å². The molecule has 25 heavy (non-hydrogen) atoms. The Hall–Kier alpha value is -2.04. The number of benzene rings is 1. The highest BCUT2D eigenvalue weighted by Gasteiger charge is 2.30. The summed E-state index contributed by atoms with van der Waals surface area (Å²) in [6, 6.07) is 6.77. The minimum atomic E-state index is 0.0795. The van der Waals surface area contributed by atoms with Gasteiger partial charge in [0.05, 0.1) is 6.42 Å². The van der Waals surface area contributed by atoms with Crippen LogP contribution < -0.4 is 0 Å². The molecule has 1 N–H and O–H groups in total. The van der Waals surface area contributed by atoms with Crippen LogP contribution in [-0.4, -0.2) is 52.9 Å². The van der Waals surface area contributed by atoms with Crippen LogP contribution in [0.2, 0.25) is 0 Å². The molecule has 0 unspecified atom stereocenters. The lowest BCUT2D eigenvalue weighted by atomic mass is 9.94. The molecule has 0 aliphatic carbocycles. The monoisotopic (exact) mass is 344 g/mol. The molecule has 1 aromatic rings. The molecule has 2 aliphatic rings. The van der Waals surface area contributed by atoms with Crippen molar-refractivity contribution >= 4 is 11.8 Å². The van der Waals surface area contributed by atoms with Crippen LogP contribution in [0.5, 0.6) is 5.75 Å². The fraction of sp³-hybridized carbons (Fsp3) is 0.600. The Morgan fingerprint density at radius 3 is 2.08 bits per heavy atom. The largest absolute Gasteiger partial charge is 0.508 e. The van der Waals surface area contributed by atoms with Gasteiger partial charge in [-0.3, -0.25) is 9.59 Å². The molecule has 2 saturated heterocycles. The van der Waals surface area contributed by atoms with Gasteiger partial charge in [0, 0.05) is 32.1 Å². The predicted molar refractivity (Wildman–Crippen MR) is 96.2 cm³/mol. The van der Waals surface area contributed by atoms with Crippen LogP contribution in [0.3, 0.4) is 0 Å². The van der Waals surface area contributed by atoms with Gasteiger partial charge in [0.25, 0.3) is 0 Å². The summed E-state index contributed by atoms with van der Waals surface area (Å²) < 4.78 is 0. The van der Waals surface area contributed by atoms with Crippen LogP contribution in [-0.2, 0) is 16.0 Å². The van der Waals surface area contributed by atoms with Crippen LogP contribution >= 0.6 is 0 Å². The minimum Gasteiger partial charge on any atom is -0.508 e. The van der Waals surface area contributed by atoms with Gasteiger partial charge in [-0.1, -0.05) is 25.0 Å². The molecule has 2 heterocycles. The molecule has 5 heteroatoms. The molecule has 2 amide bonds. The third-order valence-electron chi connectivity index (χ3n) is 5.41. The Kier molecular flexibility index (Phi) is 5.95. The normalized spacial score (nSPS) is 19.5. The summed E-state index contributed by atoms with van der Waals surface area (Å²) in [5.74, 6) is 0.693. The van der Waals surface area contributed by atoms with Gasteiger partial charge in [0.1, 0.15) is 5.75 Å². The molecule has 1 aromatic carbocycles. The molecule has 0 radical (unpaired) electrons. The van der Waals surface area contributed by atoms with Gasteiger partial charge < -0.3 is 14.9 Å². The van der Waals surface area contributed by atoms with E-state index in [0.717, 1.165) is 44.3 Å². The quantitative estimate of drug-likeness (QED) is 0.917. The number of likely N-dealkylation sites (tertiary alicyclic amines) is 2. The summed E-state index contributed by atoms with van der Waals surface area (Å²) in [6.07, 6.45) is 6.60. The Morgan fingerprint density at radius 2 is 1.48 bits per heavy atom. The number of phenolic OH excluding ortho intramolecular Hbond substituents is 1. The molecule has 2 fully saturated rings.